The predicted octanol–water partition coefficient (Wildman–Crippen LogP) is 2.39. The molecule has 1 fully saturated rings. The van der Waals surface area contributed by atoms with Crippen molar-refractivity contribution in [2.24, 2.45) is 5.92 Å². The Morgan fingerprint density at radius 2 is 2.50 bits per heavy atom. The largest absolute Gasteiger partial charge is 0.367 e. The molecule has 1 unspecified atom stereocenters. The molecule has 0 spiro atoms. The fourth-order valence-electron chi connectivity index (χ4n) is 1.88. The fraction of sp³-hybridized carbons (Fsp3) is 0.545. The molecular weight excluding hydrogens is 273 g/mol. The minimum atomic E-state index is -0.307. The van der Waals surface area contributed by atoms with E-state index >= 15 is 0 Å². The summed E-state index contributed by atoms with van der Waals surface area (Å²) < 4.78 is 14.1. The maximum Gasteiger partial charge on any atom is 0.166 e. The molecule has 16 heavy (non-hydrogen) atoms. The molecule has 1 aromatic rings. The molecule has 88 valence electrons. The highest BCUT2D eigenvalue weighted by molar-refractivity contribution is 9.10. The standard InChI is InChI=1S/C11H15BrFN3/c12-9-4-10(13)11(16-7-9)15-6-8-2-1-3-14-5-8/h4,7-8,14H,1-3,5-6H2,(H,15,16). The van der Waals surface area contributed by atoms with E-state index in [9.17, 15) is 4.39 Å². The molecule has 0 aliphatic carbocycles. The Morgan fingerprint density at radius 3 is 3.19 bits per heavy atom. The van der Waals surface area contributed by atoms with Gasteiger partial charge in [-0.2, -0.15) is 0 Å². The maximum absolute atomic E-state index is 13.4. The van der Waals surface area contributed by atoms with Crippen LogP contribution in [0.25, 0.3) is 0 Å². The van der Waals surface area contributed by atoms with E-state index in [2.05, 4.69) is 31.5 Å². The van der Waals surface area contributed by atoms with Crippen LogP contribution in [0, 0.1) is 11.7 Å². The SMILES string of the molecule is Fc1cc(Br)cnc1NCC1CCCNC1. The first kappa shape index (κ1) is 11.8. The van der Waals surface area contributed by atoms with Crippen molar-refractivity contribution in [2.75, 3.05) is 25.0 Å². The molecule has 0 radical (unpaired) electrons. The highest BCUT2D eigenvalue weighted by atomic mass is 79.9. The lowest BCUT2D eigenvalue weighted by Crippen LogP contribution is -2.33. The summed E-state index contributed by atoms with van der Waals surface area (Å²) in [7, 11) is 0. The zero-order valence-electron chi connectivity index (χ0n) is 8.97. The molecule has 0 bridgehead atoms. The van der Waals surface area contributed by atoms with Gasteiger partial charge in [-0.3, -0.25) is 0 Å². The molecule has 1 aliphatic heterocycles. The predicted molar refractivity (Wildman–Crippen MR) is 66.0 cm³/mol. The second-order valence-electron chi connectivity index (χ2n) is 4.08. The van der Waals surface area contributed by atoms with Crippen molar-refractivity contribution in [2.45, 2.75) is 12.8 Å². The third kappa shape index (κ3) is 3.15. The Bertz CT molecular complexity index is 353. The maximum atomic E-state index is 13.4. The topological polar surface area (TPSA) is 37.0 Å². The van der Waals surface area contributed by atoms with Crippen LogP contribution in [0.1, 0.15) is 12.8 Å². The van der Waals surface area contributed by atoms with Gasteiger partial charge >= 0.3 is 0 Å². The van der Waals surface area contributed by atoms with Gasteiger partial charge in [0, 0.05) is 17.2 Å². The zero-order chi connectivity index (χ0) is 11.4. The molecule has 2 rings (SSSR count). The van der Waals surface area contributed by atoms with Crippen LogP contribution in [0.3, 0.4) is 0 Å². The number of hydrogen-bond donors (Lipinski definition) is 2. The summed E-state index contributed by atoms with van der Waals surface area (Å²) in [5.74, 6) is 0.602. The van der Waals surface area contributed by atoms with Crippen LogP contribution in [-0.4, -0.2) is 24.6 Å². The number of hydrogen-bond acceptors (Lipinski definition) is 3. The van der Waals surface area contributed by atoms with Crippen LogP contribution in [0.15, 0.2) is 16.7 Å². The van der Waals surface area contributed by atoms with Gasteiger partial charge < -0.3 is 10.6 Å². The lowest BCUT2D eigenvalue weighted by atomic mass is 10.00. The third-order valence-corrected chi connectivity index (χ3v) is 3.20. The summed E-state index contributed by atoms with van der Waals surface area (Å²) in [6.07, 6.45) is 3.99. The van der Waals surface area contributed by atoms with Crippen LogP contribution in [0.5, 0.6) is 0 Å². The molecule has 2 heterocycles. The molecule has 5 heteroatoms. The molecule has 1 aromatic heterocycles. The third-order valence-electron chi connectivity index (χ3n) is 2.76. The van der Waals surface area contributed by atoms with Crippen molar-refractivity contribution in [3.8, 4) is 0 Å². The molecule has 0 saturated carbocycles. The Hall–Kier alpha value is -0.680. The van der Waals surface area contributed by atoms with Crippen molar-refractivity contribution in [1.29, 1.82) is 0 Å². The molecule has 1 saturated heterocycles. The average Bonchev–Trinajstić information content (AvgIpc) is 2.29. The number of rotatable bonds is 3. The summed E-state index contributed by atoms with van der Waals surface area (Å²) in [5, 5.41) is 6.40. The highest BCUT2D eigenvalue weighted by Crippen LogP contribution is 2.17. The minimum Gasteiger partial charge on any atom is -0.367 e. The minimum absolute atomic E-state index is 0.307. The van der Waals surface area contributed by atoms with Crippen LogP contribution in [-0.2, 0) is 0 Å². The van der Waals surface area contributed by atoms with Crippen molar-refractivity contribution >= 4 is 21.7 Å². The van der Waals surface area contributed by atoms with Gasteiger partial charge in [0.25, 0.3) is 0 Å². The van der Waals surface area contributed by atoms with Gasteiger partial charge in [-0.05, 0) is 53.8 Å². The first-order valence-electron chi connectivity index (χ1n) is 5.51. The van der Waals surface area contributed by atoms with E-state index in [1.807, 2.05) is 0 Å². The van der Waals surface area contributed by atoms with Crippen molar-refractivity contribution in [3.63, 3.8) is 0 Å². The van der Waals surface area contributed by atoms with Crippen LogP contribution in [0.2, 0.25) is 0 Å². The second-order valence-corrected chi connectivity index (χ2v) is 4.99. The lowest BCUT2D eigenvalue weighted by Gasteiger charge is -2.23. The van der Waals surface area contributed by atoms with Crippen molar-refractivity contribution in [1.82, 2.24) is 10.3 Å². The highest BCUT2D eigenvalue weighted by Gasteiger charge is 2.13. The summed E-state index contributed by atoms with van der Waals surface area (Å²) in [6.45, 7) is 2.88. The van der Waals surface area contributed by atoms with E-state index < -0.39 is 0 Å². The van der Waals surface area contributed by atoms with Gasteiger partial charge in [-0.25, -0.2) is 9.37 Å². The van der Waals surface area contributed by atoms with Gasteiger partial charge in [0.2, 0.25) is 0 Å². The molecular formula is C11H15BrFN3. The van der Waals surface area contributed by atoms with Crippen LogP contribution in [0.4, 0.5) is 10.2 Å². The summed E-state index contributed by atoms with van der Waals surface area (Å²) in [5.41, 5.74) is 0. The Morgan fingerprint density at radius 1 is 1.62 bits per heavy atom. The van der Waals surface area contributed by atoms with Gasteiger partial charge in [0.1, 0.15) is 0 Å². The summed E-state index contributed by atoms with van der Waals surface area (Å²) >= 11 is 3.18. The molecule has 2 N–H and O–H groups in total. The molecule has 3 nitrogen and oxygen atoms in total. The monoisotopic (exact) mass is 287 g/mol. The van der Waals surface area contributed by atoms with Gasteiger partial charge in [-0.1, -0.05) is 0 Å². The zero-order valence-corrected chi connectivity index (χ0v) is 10.6. The van der Waals surface area contributed by atoms with Gasteiger partial charge in [0.15, 0.2) is 11.6 Å². The van der Waals surface area contributed by atoms with E-state index in [1.54, 1.807) is 6.20 Å². The Kier molecular flexibility index (Phi) is 4.12. The van der Waals surface area contributed by atoms with E-state index in [4.69, 9.17) is 0 Å². The first-order valence-corrected chi connectivity index (χ1v) is 6.30. The molecule has 1 atom stereocenters. The number of nitrogens with zero attached hydrogens (tertiary/aromatic N) is 1. The first-order chi connectivity index (χ1) is 7.75. The lowest BCUT2D eigenvalue weighted by molar-refractivity contribution is 0.392. The Labute approximate surface area is 103 Å². The molecule has 0 amide bonds. The normalized spacial score (nSPS) is 20.8. The van der Waals surface area contributed by atoms with Gasteiger partial charge in [0.05, 0.1) is 0 Å². The molecule has 0 aromatic carbocycles. The summed E-state index contributed by atoms with van der Waals surface area (Å²) in [4.78, 5) is 4.01. The number of pyridine rings is 1. The van der Waals surface area contributed by atoms with E-state index in [0.717, 1.165) is 19.6 Å². The fourth-order valence-corrected chi connectivity index (χ4v) is 2.19. The number of aromatic nitrogens is 1. The number of piperidine rings is 1. The van der Waals surface area contributed by atoms with Gasteiger partial charge in [-0.15, -0.1) is 0 Å². The number of anilines is 1. The smallest absolute Gasteiger partial charge is 0.166 e. The van der Waals surface area contributed by atoms with E-state index in [0.29, 0.717) is 16.2 Å². The van der Waals surface area contributed by atoms with Crippen molar-refractivity contribution < 1.29 is 4.39 Å². The van der Waals surface area contributed by atoms with Crippen LogP contribution >= 0.6 is 15.9 Å². The van der Waals surface area contributed by atoms with Crippen LogP contribution < -0.4 is 10.6 Å². The summed E-state index contributed by atoms with van der Waals surface area (Å²) in [6, 6.07) is 1.43. The van der Waals surface area contributed by atoms with E-state index in [-0.39, 0.29) is 5.82 Å². The number of nitrogens with one attached hydrogen (secondary N) is 2. The average molecular weight is 288 g/mol. The molecule has 1 aliphatic rings. The quantitative estimate of drug-likeness (QED) is 0.896. The Balaban J connectivity index is 1.88. The van der Waals surface area contributed by atoms with E-state index in [1.165, 1.54) is 18.9 Å². The second kappa shape index (κ2) is 5.59. The number of halogens is 2. The van der Waals surface area contributed by atoms with Crippen molar-refractivity contribution in [3.05, 3.63) is 22.6 Å².